The zero-order valence-electron chi connectivity index (χ0n) is 20.8. The van der Waals surface area contributed by atoms with E-state index in [1.165, 1.54) is 18.4 Å². The zero-order valence-corrected chi connectivity index (χ0v) is 20.8. The predicted octanol–water partition coefficient (Wildman–Crippen LogP) is 4.40. The second kappa shape index (κ2) is 10.5. The quantitative estimate of drug-likeness (QED) is 0.479. The van der Waals surface area contributed by atoms with Crippen molar-refractivity contribution >= 4 is 5.69 Å². The molecule has 34 heavy (non-hydrogen) atoms. The summed E-state index contributed by atoms with van der Waals surface area (Å²) in [7, 11) is 2.00. The highest BCUT2D eigenvalue weighted by Gasteiger charge is 2.47. The maximum Gasteiger partial charge on any atom is 0.241 e. The fourth-order valence-corrected chi connectivity index (χ4v) is 5.52. The van der Waals surface area contributed by atoms with Gasteiger partial charge in [0.2, 0.25) is 5.88 Å². The van der Waals surface area contributed by atoms with E-state index in [-0.39, 0.29) is 17.9 Å². The van der Waals surface area contributed by atoms with Gasteiger partial charge in [-0.1, -0.05) is 32.1 Å². The number of nitrogens with two attached hydrogens (primary N) is 1. The maximum absolute atomic E-state index is 9.57. The molecule has 1 aliphatic heterocycles. The van der Waals surface area contributed by atoms with Gasteiger partial charge in [0.25, 0.3) is 0 Å². The SMILES string of the molecule is C=C(N)N(C)CCC[C@H]1C[C@H](CCC)[C@H]2Oc3nc(C)nc(CCc4ccc(O)cc4)c3NC12. The summed E-state index contributed by atoms with van der Waals surface area (Å²) in [6.45, 7) is 8.94. The molecular weight excluding hydrogens is 426 g/mol. The zero-order chi connectivity index (χ0) is 24.2. The number of nitrogens with one attached hydrogen (secondary N) is 1. The molecule has 4 N–H and O–H groups in total. The van der Waals surface area contributed by atoms with Crippen LogP contribution in [-0.4, -0.2) is 45.7 Å². The van der Waals surface area contributed by atoms with Gasteiger partial charge in [-0.05, 0) is 75.0 Å². The second-order valence-corrected chi connectivity index (χ2v) is 9.92. The van der Waals surface area contributed by atoms with Crippen LogP contribution in [0.5, 0.6) is 11.6 Å². The molecule has 1 saturated carbocycles. The molecule has 7 heteroatoms. The molecule has 2 heterocycles. The molecule has 2 aliphatic rings. The highest BCUT2D eigenvalue weighted by molar-refractivity contribution is 5.60. The van der Waals surface area contributed by atoms with Crippen LogP contribution in [-0.2, 0) is 12.8 Å². The number of aromatic hydroxyl groups is 1. The summed E-state index contributed by atoms with van der Waals surface area (Å²) in [6.07, 6.45) is 7.49. The van der Waals surface area contributed by atoms with Crippen LogP contribution in [0.4, 0.5) is 5.69 Å². The summed E-state index contributed by atoms with van der Waals surface area (Å²) < 4.78 is 6.62. The van der Waals surface area contributed by atoms with Crippen molar-refractivity contribution in [2.75, 3.05) is 18.9 Å². The van der Waals surface area contributed by atoms with Crippen LogP contribution in [0.15, 0.2) is 36.7 Å². The van der Waals surface area contributed by atoms with Gasteiger partial charge in [-0.3, -0.25) is 0 Å². The Bertz CT molecular complexity index is 993. The topological polar surface area (TPSA) is 96.5 Å². The molecule has 1 fully saturated rings. The van der Waals surface area contributed by atoms with E-state index in [4.69, 9.17) is 15.5 Å². The molecule has 1 aliphatic carbocycles. The van der Waals surface area contributed by atoms with Gasteiger partial charge in [0.05, 0.1) is 17.6 Å². The lowest BCUT2D eigenvalue weighted by atomic mass is 9.95. The van der Waals surface area contributed by atoms with Crippen molar-refractivity contribution < 1.29 is 9.84 Å². The van der Waals surface area contributed by atoms with E-state index in [1.807, 2.05) is 31.0 Å². The number of hydrogen-bond acceptors (Lipinski definition) is 7. The highest BCUT2D eigenvalue weighted by Crippen LogP contribution is 2.46. The van der Waals surface area contributed by atoms with Gasteiger partial charge in [-0.25, -0.2) is 4.98 Å². The van der Waals surface area contributed by atoms with Crippen LogP contribution >= 0.6 is 0 Å². The lowest BCUT2D eigenvalue weighted by Gasteiger charge is -2.35. The third-order valence-corrected chi connectivity index (χ3v) is 7.36. The molecule has 184 valence electrons. The number of aromatic nitrogens is 2. The van der Waals surface area contributed by atoms with Gasteiger partial charge in [-0.15, -0.1) is 0 Å². The summed E-state index contributed by atoms with van der Waals surface area (Å²) in [5, 5.41) is 13.4. The van der Waals surface area contributed by atoms with E-state index in [2.05, 4.69) is 23.8 Å². The Morgan fingerprint density at radius 2 is 1.97 bits per heavy atom. The number of phenols is 1. The molecule has 1 aromatic heterocycles. The number of ether oxygens (including phenoxy) is 1. The smallest absolute Gasteiger partial charge is 0.241 e. The number of aryl methyl sites for hydroxylation is 3. The summed E-state index contributed by atoms with van der Waals surface area (Å²) in [5.41, 5.74) is 8.97. The number of fused-ring (bicyclic) bond motifs is 2. The lowest BCUT2D eigenvalue weighted by Crippen LogP contribution is -2.44. The molecule has 0 spiro atoms. The number of nitrogens with zero attached hydrogens (tertiary/aromatic N) is 3. The van der Waals surface area contributed by atoms with Crippen LogP contribution < -0.4 is 15.8 Å². The van der Waals surface area contributed by atoms with Crippen LogP contribution in [0.1, 0.15) is 56.1 Å². The summed E-state index contributed by atoms with van der Waals surface area (Å²) >= 11 is 0. The second-order valence-electron chi connectivity index (χ2n) is 9.92. The van der Waals surface area contributed by atoms with Gasteiger partial charge >= 0.3 is 0 Å². The standard InChI is InChI=1S/C27H39N5O2/c1-5-7-21-16-20(8-6-15-32(4)17(2)28)24-26(21)34-27-25(31-24)23(29-18(3)30-27)14-11-19-9-12-22(33)13-10-19/h9-10,12-13,20-21,24,26,31,33H,2,5-8,11,14-16,28H2,1,3-4H3/t20-,21-,24?,26+/m0/s1. The summed E-state index contributed by atoms with van der Waals surface area (Å²) in [4.78, 5) is 11.5. The van der Waals surface area contributed by atoms with Crippen molar-refractivity contribution in [2.45, 2.75) is 70.9 Å². The van der Waals surface area contributed by atoms with Gasteiger partial charge in [0.1, 0.15) is 23.4 Å². The number of anilines is 1. The van der Waals surface area contributed by atoms with Gasteiger partial charge in [0.15, 0.2) is 0 Å². The average Bonchev–Trinajstić information content (AvgIpc) is 3.13. The Labute approximate surface area is 203 Å². The molecule has 4 atom stereocenters. The van der Waals surface area contributed by atoms with Crippen LogP contribution in [0, 0.1) is 18.8 Å². The Balaban J connectivity index is 1.51. The number of rotatable bonds is 10. The lowest BCUT2D eigenvalue weighted by molar-refractivity contribution is 0.125. The highest BCUT2D eigenvalue weighted by atomic mass is 16.5. The number of benzene rings is 1. The van der Waals surface area contributed by atoms with Gasteiger partial charge in [-0.2, -0.15) is 4.98 Å². The van der Waals surface area contributed by atoms with Crippen molar-refractivity contribution in [3.8, 4) is 11.6 Å². The van der Waals surface area contributed by atoms with E-state index in [0.29, 0.717) is 23.5 Å². The van der Waals surface area contributed by atoms with Crippen molar-refractivity contribution in [3.05, 3.63) is 53.7 Å². The van der Waals surface area contributed by atoms with Crippen molar-refractivity contribution in [3.63, 3.8) is 0 Å². The van der Waals surface area contributed by atoms with E-state index in [0.717, 1.165) is 55.9 Å². The minimum Gasteiger partial charge on any atom is -0.508 e. The third kappa shape index (κ3) is 5.40. The molecule has 0 saturated heterocycles. The van der Waals surface area contributed by atoms with Crippen molar-refractivity contribution in [2.24, 2.45) is 17.6 Å². The van der Waals surface area contributed by atoms with E-state index >= 15 is 0 Å². The molecule has 7 nitrogen and oxygen atoms in total. The molecule has 0 bridgehead atoms. The predicted molar refractivity (Wildman–Crippen MR) is 136 cm³/mol. The number of hydrogen-bond donors (Lipinski definition) is 3. The van der Waals surface area contributed by atoms with Gasteiger partial charge < -0.3 is 25.8 Å². The molecule has 0 amide bonds. The van der Waals surface area contributed by atoms with E-state index < -0.39 is 0 Å². The molecule has 4 rings (SSSR count). The van der Waals surface area contributed by atoms with E-state index in [9.17, 15) is 5.11 Å². The molecule has 1 aromatic carbocycles. The Morgan fingerprint density at radius 3 is 2.68 bits per heavy atom. The Kier molecular flexibility index (Phi) is 7.49. The fraction of sp³-hybridized carbons (Fsp3) is 0.556. The minimum atomic E-state index is 0.152. The largest absolute Gasteiger partial charge is 0.508 e. The van der Waals surface area contributed by atoms with Crippen molar-refractivity contribution in [1.29, 1.82) is 0 Å². The Morgan fingerprint density at radius 1 is 1.21 bits per heavy atom. The molecule has 0 radical (unpaired) electrons. The van der Waals surface area contributed by atoms with Crippen LogP contribution in [0.2, 0.25) is 0 Å². The third-order valence-electron chi connectivity index (χ3n) is 7.36. The van der Waals surface area contributed by atoms with Crippen LogP contribution in [0.25, 0.3) is 0 Å². The van der Waals surface area contributed by atoms with E-state index in [1.54, 1.807) is 12.1 Å². The fourth-order valence-electron chi connectivity index (χ4n) is 5.52. The normalized spacial score (nSPS) is 22.9. The first-order chi connectivity index (χ1) is 16.4. The van der Waals surface area contributed by atoms with Crippen molar-refractivity contribution in [1.82, 2.24) is 14.9 Å². The first kappa shape index (κ1) is 24.2. The number of phenolic OH excluding ortho intramolecular Hbond substituents is 1. The molecule has 2 aromatic rings. The summed E-state index contributed by atoms with van der Waals surface area (Å²) in [5.74, 6) is 3.43. The minimum absolute atomic E-state index is 0.152. The molecular formula is C27H39N5O2. The molecule has 1 unspecified atom stereocenters. The maximum atomic E-state index is 9.57. The monoisotopic (exact) mass is 465 g/mol. The Hall–Kier alpha value is -2.96. The first-order valence-corrected chi connectivity index (χ1v) is 12.6. The first-order valence-electron chi connectivity index (χ1n) is 12.6. The van der Waals surface area contributed by atoms with Gasteiger partial charge in [0, 0.05) is 13.6 Å². The summed E-state index contributed by atoms with van der Waals surface area (Å²) in [6, 6.07) is 7.66. The average molecular weight is 466 g/mol. The van der Waals surface area contributed by atoms with Crippen LogP contribution in [0.3, 0.4) is 0 Å².